The summed E-state index contributed by atoms with van der Waals surface area (Å²) < 4.78 is 4.02. The van der Waals surface area contributed by atoms with Crippen molar-refractivity contribution in [1.82, 2.24) is 0 Å². The lowest BCUT2D eigenvalue weighted by Gasteiger charge is -1.97. The summed E-state index contributed by atoms with van der Waals surface area (Å²) in [7, 11) is 0. The molecule has 0 aliphatic carbocycles. The maximum atomic E-state index is 10.7. The first kappa shape index (κ1) is 9.07. The van der Waals surface area contributed by atoms with E-state index in [1.807, 2.05) is 31.2 Å². The van der Waals surface area contributed by atoms with Crippen LogP contribution in [0.25, 0.3) is 0 Å². The lowest BCUT2D eigenvalue weighted by molar-refractivity contribution is -0.133. The van der Waals surface area contributed by atoms with E-state index >= 15 is 0 Å². The maximum Gasteiger partial charge on any atom is 0.329 e. The van der Waals surface area contributed by atoms with E-state index in [2.05, 4.69) is 4.29 Å². The molecule has 0 N–H and O–H groups in total. The Balaban J connectivity index is 2.64. The highest BCUT2D eigenvalue weighted by molar-refractivity contribution is 6.13. The van der Waals surface area contributed by atoms with Crippen molar-refractivity contribution < 1.29 is 9.08 Å². The molecular weight excluding hydrogens is 176 g/mol. The van der Waals surface area contributed by atoms with Gasteiger partial charge in [0.25, 0.3) is 0 Å². The molecule has 0 aromatic heterocycles. The standard InChI is InChI=1S/C9H9ClO2/c1-7-2-4-8(5-3-7)6-9(11)12-10/h2-5H,6H2,1H3. The van der Waals surface area contributed by atoms with Crippen molar-refractivity contribution >= 4 is 17.8 Å². The summed E-state index contributed by atoms with van der Waals surface area (Å²) in [6, 6.07) is 7.64. The first-order chi connectivity index (χ1) is 5.72. The number of halogens is 1. The van der Waals surface area contributed by atoms with Gasteiger partial charge < -0.3 is 4.29 Å². The van der Waals surface area contributed by atoms with E-state index in [-0.39, 0.29) is 6.42 Å². The van der Waals surface area contributed by atoms with Gasteiger partial charge in [-0.15, -0.1) is 0 Å². The Hall–Kier alpha value is -1.02. The van der Waals surface area contributed by atoms with Crippen molar-refractivity contribution in [3.8, 4) is 0 Å². The summed E-state index contributed by atoms with van der Waals surface area (Å²) in [5.74, 6) is -0.430. The summed E-state index contributed by atoms with van der Waals surface area (Å²) in [6.45, 7) is 1.99. The van der Waals surface area contributed by atoms with E-state index in [0.29, 0.717) is 0 Å². The van der Waals surface area contributed by atoms with Crippen LogP contribution in [-0.2, 0) is 15.5 Å². The van der Waals surface area contributed by atoms with Gasteiger partial charge in [0.1, 0.15) is 11.9 Å². The predicted octanol–water partition coefficient (Wildman–Crippen LogP) is 2.23. The number of carbonyl (C=O) groups excluding carboxylic acids is 1. The van der Waals surface area contributed by atoms with Gasteiger partial charge >= 0.3 is 5.97 Å². The molecule has 1 rings (SSSR count). The average Bonchev–Trinajstić information content (AvgIpc) is 2.09. The highest BCUT2D eigenvalue weighted by Crippen LogP contribution is 2.04. The number of benzene rings is 1. The third kappa shape index (κ3) is 2.55. The fraction of sp³-hybridized carbons (Fsp3) is 0.222. The molecule has 3 heteroatoms. The van der Waals surface area contributed by atoms with E-state index in [1.54, 1.807) is 0 Å². The third-order valence-corrected chi connectivity index (χ3v) is 1.73. The molecule has 0 saturated carbocycles. The average molecular weight is 185 g/mol. The van der Waals surface area contributed by atoms with Crippen LogP contribution in [-0.4, -0.2) is 5.97 Å². The van der Waals surface area contributed by atoms with Crippen LogP contribution in [0.5, 0.6) is 0 Å². The van der Waals surface area contributed by atoms with Gasteiger partial charge in [-0.2, -0.15) is 0 Å². The van der Waals surface area contributed by atoms with Gasteiger partial charge in [0.2, 0.25) is 0 Å². The SMILES string of the molecule is Cc1ccc(CC(=O)OCl)cc1. The summed E-state index contributed by atoms with van der Waals surface area (Å²) in [5.41, 5.74) is 2.07. The lowest BCUT2D eigenvalue weighted by Crippen LogP contribution is -2.01. The molecule has 0 fully saturated rings. The maximum absolute atomic E-state index is 10.7. The molecule has 0 radical (unpaired) electrons. The van der Waals surface area contributed by atoms with E-state index in [1.165, 1.54) is 0 Å². The Labute approximate surface area is 76.3 Å². The van der Waals surface area contributed by atoms with Gasteiger partial charge in [0.15, 0.2) is 0 Å². The van der Waals surface area contributed by atoms with Crippen molar-refractivity contribution in [3.63, 3.8) is 0 Å². The Morgan fingerprint density at radius 2 is 2.00 bits per heavy atom. The molecule has 1 aromatic rings. The minimum atomic E-state index is -0.430. The van der Waals surface area contributed by atoms with E-state index in [4.69, 9.17) is 11.9 Å². The van der Waals surface area contributed by atoms with Crippen LogP contribution in [0.1, 0.15) is 11.1 Å². The minimum absolute atomic E-state index is 0.226. The first-order valence-electron chi connectivity index (χ1n) is 3.59. The topological polar surface area (TPSA) is 26.3 Å². The van der Waals surface area contributed by atoms with Crippen molar-refractivity contribution in [2.45, 2.75) is 13.3 Å². The van der Waals surface area contributed by atoms with Crippen LogP contribution in [0.3, 0.4) is 0 Å². The Kier molecular flexibility index (Phi) is 3.11. The molecule has 0 saturated heterocycles. The molecule has 0 aliphatic heterocycles. The van der Waals surface area contributed by atoms with E-state index < -0.39 is 5.97 Å². The molecule has 0 atom stereocenters. The fourth-order valence-electron chi connectivity index (χ4n) is 0.900. The lowest BCUT2D eigenvalue weighted by atomic mass is 10.1. The zero-order valence-electron chi connectivity index (χ0n) is 6.71. The summed E-state index contributed by atoms with van der Waals surface area (Å²) >= 11 is 4.88. The molecule has 64 valence electrons. The highest BCUT2D eigenvalue weighted by atomic mass is 35.5. The van der Waals surface area contributed by atoms with Gasteiger partial charge in [0, 0.05) is 0 Å². The molecule has 0 spiro atoms. The Morgan fingerprint density at radius 1 is 1.42 bits per heavy atom. The molecule has 0 unspecified atom stereocenters. The van der Waals surface area contributed by atoms with Crippen LogP contribution in [0, 0.1) is 6.92 Å². The van der Waals surface area contributed by atoms with Gasteiger partial charge in [-0.25, -0.2) is 0 Å². The van der Waals surface area contributed by atoms with Crippen molar-refractivity contribution in [1.29, 1.82) is 0 Å². The molecule has 12 heavy (non-hydrogen) atoms. The van der Waals surface area contributed by atoms with Gasteiger partial charge in [-0.05, 0) is 12.5 Å². The fourth-order valence-corrected chi connectivity index (χ4v) is 0.954. The smallest absolute Gasteiger partial charge is 0.329 e. The number of rotatable bonds is 2. The second-order valence-corrected chi connectivity index (χ2v) is 2.77. The van der Waals surface area contributed by atoms with Crippen molar-refractivity contribution in [3.05, 3.63) is 35.4 Å². The predicted molar refractivity (Wildman–Crippen MR) is 46.8 cm³/mol. The van der Waals surface area contributed by atoms with Crippen LogP contribution < -0.4 is 0 Å². The quantitative estimate of drug-likeness (QED) is 0.705. The first-order valence-corrected chi connectivity index (χ1v) is 3.90. The molecular formula is C9H9ClO2. The minimum Gasteiger partial charge on any atom is -0.347 e. The molecule has 0 aliphatic rings. The summed E-state index contributed by atoms with van der Waals surface area (Å²) in [5, 5.41) is 0. The third-order valence-electron chi connectivity index (χ3n) is 1.56. The van der Waals surface area contributed by atoms with E-state index in [9.17, 15) is 4.79 Å². The number of hydrogen-bond donors (Lipinski definition) is 0. The largest absolute Gasteiger partial charge is 0.347 e. The zero-order valence-corrected chi connectivity index (χ0v) is 7.47. The zero-order chi connectivity index (χ0) is 8.97. The van der Waals surface area contributed by atoms with Crippen molar-refractivity contribution in [2.75, 3.05) is 0 Å². The Bertz CT molecular complexity index is 266. The Morgan fingerprint density at radius 3 is 2.50 bits per heavy atom. The monoisotopic (exact) mass is 184 g/mol. The van der Waals surface area contributed by atoms with Crippen LogP contribution >= 0.6 is 11.9 Å². The summed E-state index contributed by atoms with van der Waals surface area (Å²) in [6.07, 6.45) is 0.226. The van der Waals surface area contributed by atoms with E-state index in [0.717, 1.165) is 11.1 Å². The van der Waals surface area contributed by atoms with Gasteiger partial charge in [0.05, 0.1) is 6.42 Å². The van der Waals surface area contributed by atoms with Gasteiger partial charge in [-0.3, -0.25) is 4.79 Å². The second kappa shape index (κ2) is 4.12. The van der Waals surface area contributed by atoms with Crippen molar-refractivity contribution in [2.24, 2.45) is 0 Å². The molecule has 0 heterocycles. The number of aryl methyl sites for hydroxylation is 1. The molecule has 1 aromatic carbocycles. The molecule has 2 nitrogen and oxygen atoms in total. The molecule has 0 bridgehead atoms. The molecule has 0 amide bonds. The van der Waals surface area contributed by atoms with Crippen LogP contribution in [0.2, 0.25) is 0 Å². The summed E-state index contributed by atoms with van der Waals surface area (Å²) in [4.78, 5) is 10.7. The number of hydrogen-bond acceptors (Lipinski definition) is 2. The highest BCUT2D eigenvalue weighted by Gasteiger charge is 2.02. The number of carbonyl (C=O) groups is 1. The normalized spacial score (nSPS) is 9.50. The van der Waals surface area contributed by atoms with Gasteiger partial charge in [-0.1, -0.05) is 29.8 Å². The van der Waals surface area contributed by atoms with Crippen LogP contribution in [0.4, 0.5) is 0 Å². The van der Waals surface area contributed by atoms with Crippen LogP contribution in [0.15, 0.2) is 24.3 Å². The second-order valence-electron chi connectivity index (χ2n) is 2.61.